The topological polar surface area (TPSA) is 15.3 Å². The molecule has 5 heteroatoms. The van der Waals surface area contributed by atoms with Crippen molar-refractivity contribution in [3.63, 3.8) is 0 Å². The van der Waals surface area contributed by atoms with Crippen LogP contribution in [0.1, 0.15) is 25.3 Å². The van der Waals surface area contributed by atoms with Crippen LogP contribution in [0.2, 0.25) is 0 Å². The maximum absolute atomic E-state index is 13.1. The van der Waals surface area contributed by atoms with E-state index in [-0.39, 0.29) is 6.04 Å². The summed E-state index contributed by atoms with van der Waals surface area (Å²) in [5, 5.41) is 3.25. The lowest BCUT2D eigenvalue weighted by Crippen LogP contribution is -2.46. The van der Waals surface area contributed by atoms with Crippen molar-refractivity contribution in [3.8, 4) is 0 Å². The zero-order valence-corrected chi connectivity index (χ0v) is 11.0. The predicted molar refractivity (Wildman–Crippen MR) is 70.4 cm³/mol. The molecule has 1 aliphatic rings. The fraction of sp³-hybridized carbons (Fsp3) is 0.571. The van der Waals surface area contributed by atoms with Crippen LogP contribution in [0.15, 0.2) is 24.3 Å². The lowest BCUT2D eigenvalue weighted by Gasteiger charge is -2.37. The summed E-state index contributed by atoms with van der Waals surface area (Å²) in [6.45, 7) is 4.19. The molecular weight excluding hydrogens is 253 g/mol. The Balaban J connectivity index is 2.32. The number of para-hydroxylation sites is 1. The van der Waals surface area contributed by atoms with E-state index >= 15 is 0 Å². The van der Waals surface area contributed by atoms with Gasteiger partial charge in [0.15, 0.2) is 0 Å². The number of piperidine rings is 1. The van der Waals surface area contributed by atoms with Gasteiger partial charge in [-0.1, -0.05) is 12.1 Å². The summed E-state index contributed by atoms with van der Waals surface area (Å²) in [4.78, 5) is 1.87. The number of benzene rings is 1. The highest BCUT2D eigenvalue weighted by Crippen LogP contribution is 2.37. The average molecular weight is 272 g/mol. The SMILES string of the molecule is CCN(c1ccccc1C(F)(F)F)C1CCCNC1. The second-order valence-corrected chi connectivity index (χ2v) is 4.80. The summed E-state index contributed by atoms with van der Waals surface area (Å²) in [6, 6.07) is 5.99. The quantitative estimate of drug-likeness (QED) is 0.908. The highest BCUT2D eigenvalue weighted by molar-refractivity contribution is 5.55. The van der Waals surface area contributed by atoms with E-state index in [1.54, 1.807) is 12.1 Å². The Hall–Kier alpha value is -1.23. The summed E-state index contributed by atoms with van der Waals surface area (Å²) in [5.74, 6) is 0. The third kappa shape index (κ3) is 3.21. The van der Waals surface area contributed by atoms with E-state index in [4.69, 9.17) is 0 Å². The number of nitrogens with one attached hydrogen (secondary N) is 1. The van der Waals surface area contributed by atoms with Gasteiger partial charge < -0.3 is 10.2 Å². The number of anilines is 1. The fourth-order valence-electron chi connectivity index (χ4n) is 2.69. The zero-order chi connectivity index (χ0) is 13.9. The Labute approximate surface area is 111 Å². The van der Waals surface area contributed by atoms with E-state index in [0.717, 1.165) is 32.0 Å². The van der Waals surface area contributed by atoms with Gasteiger partial charge in [-0.15, -0.1) is 0 Å². The molecule has 1 unspecified atom stereocenters. The van der Waals surface area contributed by atoms with E-state index in [1.807, 2.05) is 11.8 Å². The van der Waals surface area contributed by atoms with Crippen molar-refractivity contribution < 1.29 is 13.2 Å². The molecule has 1 atom stereocenters. The first-order valence-corrected chi connectivity index (χ1v) is 6.67. The monoisotopic (exact) mass is 272 g/mol. The molecule has 106 valence electrons. The van der Waals surface area contributed by atoms with Crippen LogP contribution in [-0.2, 0) is 6.18 Å². The second-order valence-electron chi connectivity index (χ2n) is 4.80. The lowest BCUT2D eigenvalue weighted by molar-refractivity contribution is -0.137. The zero-order valence-electron chi connectivity index (χ0n) is 11.0. The molecule has 19 heavy (non-hydrogen) atoms. The van der Waals surface area contributed by atoms with Crippen LogP contribution < -0.4 is 10.2 Å². The summed E-state index contributed by atoms with van der Waals surface area (Å²) >= 11 is 0. The number of nitrogens with zero attached hydrogens (tertiary/aromatic N) is 1. The molecule has 0 bridgehead atoms. The largest absolute Gasteiger partial charge is 0.418 e. The molecule has 0 amide bonds. The Morgan fingerprint density at radius 3 is 2.63 bits per heavy atom. The van der Waals surface area contributed by atoms with E-state index in [1.165, 1.54) is 6.07 Å². The molecule has 1 saturated heterocycles. The Kier molecular flexibility index (Phi) is 4.34. The first-order valence-electron chi connectivity index (χ1n) is 6.67. The molecule has 1 aromatic rings. The lowest BCUT2D eigenvalue weighted by atomic mass is 10.0. The molecule has 0 radical (unpaired) electrons. The van der Waals surface area contributed by atoms with Crippen molar-refractivity contribution in [2.24, 2.45) is 0 Å². The first kappa shape index (κ1) is 14.2. The number of hydrogen-bond acceptors (Lipinski definition) is 2. The fourth-order valence-corrected chi connectivity index (χ4v) is 2.69. The Morgan fingerprint density at radius 2 is 2.05 bits per heavy atom. The Morgan fingerprint density at radius 1 is 1.32 bits per heavy atom. The van der Waals surface area contributed by atoms with Gasteiger partial charge in [-0.05, 0) is 38.4 Å². The number of rotatable bonds is 3. The Bertz CT molecular complexity index is 411. The van der Waals surface area contributed by atoms with Gasteiger partial charge in [-0.25, -0.2) is 0 Å². The number of likely N-dealkylation sites (N-methyl/N-ethyl adjacent to an activating group) is 1. The van der Waals surface area contributed by atoms with Crippen molar-refractivity contribution in [2.75, 3.05) is 24.5 Å². The molecule has 0 aliphatic carbocycles. The van der Waals surface area contributed by atoms with Crippen LogP contribution in [0.5, 0.6) is 0 Å². The van der Waals surface area contributed by atoms with E-state index in [2.05, 4.69) is 5.32 Å². The van der Waals surface area contributed by atoms with Crippen molar-refractivity contribution in [3.05, 3.63) is 29.8 Å². The molecule has 1 heterocycles. The van der Waals surface area contributed by atoms with Gasteiger partial charge in [0.25, 0.3) is 0 Å². The van der Waals surface area contributed by atoms with Gasteiger partial charge in [0, 0.05) is 24.8 Å². The maximum atomic E-state index is 13.1. The average Bonchev–Trinajstić information content (AvgIpc) is 2.40. The van der Waals surface area contributed by atoms with Crippen LogP contribution >= 0.6 is 0 Å². The van der Waals surface area contributed by atoms with Crippen molar-refractivity contribution >= 4 is 5.69 Å². The molecule has 0 spiro atoms. The smallest absolute Gasteiger partial charge is 0.367 e. The first-order chi connectivity index (χ1) is 9.04. The summed E-state index contributed by atoms with van der Waals surface area (Å²) in [7, 11) is 0. The van der Waals surface area contributed by atoms with Gasteiger partial charge in [0.1, 0.15) is 0 Å². The number of alkyl halides is 3. The van der Waals surface area contributed by atoms with Gasteiger partial charge in [-0.2, -0.15) is 13.2 Å². The molecule has 0 saturated carbocycles. The molecule has 1 N–H and O–H groups in total. The van der Waals surface area contributed by atoms with Crippen molar-refractivity contribution in [1.29, 1.82) is 0 Å². The minimum absolute atomic E-state index is 0.141. The minimum atomic E-state index is -4.30. The number of halogens is 3. The highest BCUT2D eigenvalue weighted by atomic mass is 19.4. The van der Waals surface area contributed by atoms with Crippen LogP contribution in [0.3, 0.4) is 0 Å². The van der Waals surface area contributed by atoms with Crippen molar-refractivity contribution in [1.82, 2.24) is 5.32 Å². The summed E-state index contributed by atoms with van der Waals surface area (Å²) < 4.78 is 39.2. The van der Waals surface area contributed by atoms with Crippen LogP contribution in [0, 0.1) is 0 Å². The number of hydrogen-bond donors (Lipinski definition) is 1. The highest BCUT2D eigenvalue weighted by Gasteiger charge is 2.35. The predicted octanol–water partition coefficient (Wildman–Crippen LogP) is 3.28. The van der Waals surface area contributed by atoms with Gasteiger partial charge >= 0.3 is 6.18 Å². The van der Waals surface area contributed by atoms with Gasteiger partial charge in [0.2, 0.25) is 0 Å². The van der Waals surface area contributed by atoms with E-state index in [0.29, 0.717) is 12.2 Å². The second kappa shape index (κ2) is 5.82. The van der Waals surface area contributed by atoms with Crippen molar-refractivity contribution in [2.45, 2.75) is 32.0 Å². The third-order valence-electron chi connectivity index (χ3n) is 3.57. The molecule has 1 aromatic carbocycles. The standard InChI is InChI=1S/C14H19F3N2/c1-2-19(11-6-5-9-18-10-11)13-8-4-3-7-12(13)14(15,16)17/h3-4,7-8,11,18H,2,5-6,9-10H2,1H3. The maximum Gasteiger partial charge on any atom is 0.418 e. The molecular formula is C14H19F3N2. The molecule has 1 fully saturated rings. The summed E-state index contributed by atoms with van der Waals surface area (Å²) in [5.41, 5.74) is -0.242. The minimum Gasteiger partial charge on any atom is -0.367 e. The molecule has 2 nitrogen and oxygen atoms in total. The van der Waals surface area contributed by atoms with Gasteiger partial charge in [-0.3, -0.25) is 0 Å². The molecule has 1 aliphatic heterocycles. The molecule has 0 aromatic heterocycles. The van der Waals surface area contributed by atoms with E-state index < -0.39 is 11.7 Å². The normalized spacial score (nSPS) is 20.3. The molecule has 2 rings (SSSR count). The summed E-state index contributed by atoms with van der Waals surface area (Å²) in [6.07, 6.45) is -2.35. The van der Waals surface area contributed by atoms with Crippen LogP contribution in [-0.4, -0.2) is 25.7 Å². The third-order valence-corrected chi connectivity index (χ3v) is 3.57. The van der Waals surface area contributed by atoms with Crippen LogP contribution in [0.4, 0.5) is 18.9 Å². The van der Waals surface area contributed by atoms with E-state index in [9.17, 15) is 13.2 Å². The van der Waals surface area contributed by atoms with Gasteiger partial charge in [0.05, 0.1) is 5.56 Å². The van der Waals surface area contributed by atoms with Crippen LogP contribution in [0.25, 0.3) is 0 Å².